The molecule has 7 nitrogen and oxygen atoms in total. The van der Waals surface area contributed by atoms with Gasteiger partial charge in [0.1, 0.15) is 33.8 Å². The molecule has 0 saturated carbocycles. The van der Waals surface area contributed by atoms with Crippen LogP contribution in [0.3, 0.4) is 0 Å². The van der Waals surface area contributed by atoms with Crippen LogP contribution >= 0.6 is 11.6 Å². The fraction of sp³-hybridized carbons (Fsp3) is 0.207. The van der Waals surface area contributed by atoms with Crippen molar-refractivity contribution in [2.75, 3.05) is 23.8 Å². The van der Waals surface area contributed by atoms with E-state index < -0.39 is 38.5 Å². The number of pyridine rings is 1. The lowest BCUT2D eigenvalue weighted by molar-refractivity contribution is 0.391. The molecule has 4 rings (SSSR count). The molecule has 41 heavy (non-hydrogen) atoms. The molecule has 1 atom stereocenters. The second-order valence-corrected chi connectivity index (χ2v) is 11.1. The molecule has 0 bridgehead atoms. The van der Waals surface area contributed by atoms with Crippen molar-refractivity contribution in [1.82, 2.24) is 4.98 Å². The highest BCUT2D eigenvalue weighted by Gasteiger charge is 2.31. The van der Waals surface area contributed by atoms with Crippen LogP contribution in [-0.4, -0.2) is 27.6 Å². The van der Waals surface area contributed by atoms with Gasteiger partial charge in [0, 0.05) is 17.2 Å². The second-order valence-electron chi connectivity index (χ2n) is 8.90. The molecule has 1 heterocycles. The molecule has 216 valence electrons. The third kappa shape index (κ3) is 6.52. The fourth-order valence-corrected chi connectivity index (χ4v) is 6.01. The van der Waals surface area contributed by atoms with Crippen molar-refractivity contribution in [3.8, 4) is 11.5 Å². The van der Waals surface area contributed by atoms with E-state index in [1.54, 1.807) is 36.4 Å². The van der Waals surface area contributed by atoms with E-state index in [4.69, 9.17) is 21.1 Å². The van der Waals surface area contributed by atoms with Crippen LogP contribution in [0.15, 0.2) is 77.7 Å². The number of sulfonamides is 1. The number of methoxy groups -OCH3 is 2. The summed E-state index contributed by atoms with van der Waals surface area (Å²) in [4.78, 5) is 2.97. The van der Waals surface area contributed by atoms with E-state index in [2.05, 4.69) is 10.3 Å². The van der Waals surface area contributed by atoms with Gasteiger partial charge in [-0.25, -0.2) is 26.5 Å². The average Bonchev–Trinajstić information content (AvgIpc) is 2.96. The largest absolute Gasteiger partial charge is 0.497 e. The molecule has 0 radical (unpaired) electrons. The average molecular weight is 606 g/mol. The molecule has 0 unspecified atom stereocenters. The van der Waals surface area contributed by atoms with Gasteiger partial charge >= 0.3 is 0 Å². The van der Waals surface area contributed by atoms with Gasteiger partial charge in [0.05, 0.1) is 37.5 Å². The van der Waals surface area contributed by atoms with Crippen LogP contribution in [0.25, 0.3) is 0 Å². The third-order valence-corrected chi connectivity index (χ3v) is 8.45. The Bertz CT molecular complexity index is 1660. The number of rotatable bonds is 11. The van der Waals surface area contributed by atoms with Crippen molar-refractivity contribution >= 4 is 33.1 Å². The molecule has 0 aliphatic rings. The second kappa shape index (κ2) is 12.7. The minimum absolute atomic E-state index is 0.0745. The standard InChI is InChI=1S/C29H27ClF3N3O4S/c1-4-24(20-8-5-6-9-22(20)31)34-25-16-23(32)27(15-21(25)30)41(37,38)36(29-11-7-10-28(33)35-29)17-18-12-13-19(39-2)14-26(18)40-3/h5-16,24,34H,4,17H2,1-3H3/t24-/m0/s1. The summed E-state index contributed by atoms with van der Waals surface area (Å²) in [6.45, 7) is 1.43. The lowest BCUT2D eigenvalue weighted by Gasteiger charge is -2.25. The molecule has 0 saturated heterocycles. The van der Waals surface area contributed by atoms with Gasteiger partial charge in [-0.05, 0) is 48.9 Å². The first kappa shape index (κ1) is 30.0. The molecule has 1 aromatic heterocycles. The normalized spacial score (nSPS) is 12.1. The summed E-state index contributed by atoms with van der Waals surface area (Å²) < 4.78 is 83.3. The van der Waals surface area contributed by atoms with Crippen LogP contribution in [0.1, 0.15) is 30.5 Å². The van der Waals surface area contributed by atoms with Gasteiger partial charge in [-0.1, -0.05) is 42.8 Å². The summed E-state index contributed by atoms with van der Waals surface area (Å²) in [5.41, 5.74) is 0.800. The SMILES string of the molecule is CC[C@H](Nc1cc(F)c(S(=O)(=O)N(Cc2ccc(OC)cc2OC)c2cccc(F)n2)cc1Cl)c1ccccc1F. The van der Waals surface area contributed by atoms with Gasteiger partial charge in [-0.3, -0.25) is 0 Å². The Kier molecular flexibility index (Phi) is 9.29. The highest BCUT2D eigenvalue weighted by atomic mass is 35.5. The highest BCUT2D eigenvalue weighted by molar-refractivity contribution is 7.92. The topological polar surface area (TPSA) is 80.8 Å². The Morgan fingerprint density at radius 2 is 1.71 bits per heavy atom. The zero-order chi connectivity index (χ0) is 29.7. The van der Waals surface area contributed by atoms with Crippen molar-refractivity contribution in [3.63, 3.8) is 0 Å². The maximum atomic E-state index is 15.6. The number of anilines is 2. The predicted octanol–water partition coefficient (Wildman–Crippen LogP) is 7.13. The van der Waals surface area contributed by atoms with E-state index >= 15 is 4.39 Å². The lowest BCUT2D eigenvalue weighted by Crippen LogP contribution is -2.32. The number of benzene rings is 3. The quantitative estimate of drug-likeness (QED) is 0.183. The smallest absolute Gasteiger partial charge is 0.268 e. The molecule has 0 aliphatic heterocycles. The highest BCUT2D eigenvalue weighted by Crippen LogP contribution is 2.36. The van der Waals surface area contributed by atoms with Gasteiger partial charge < -0.3 is 14.8 Å². The predicted molar refractivity (Wildman–Crippen MR) is 152 cm³/mol. The zero-order valence-electron chi connectivity index (χ0n) is 22.4. The molecule has 4 aromatic rings. The fourth-order valence-electron chi connectivity index (χ4n) is 4.26. The van der Waals surface area contributed by atoms with Crippen LogP contribution < -0.4 is 19.1 Å². The van der Waals surface area contributed by atoms with Crippen molar-refractivity contribution in [1.29, 1.82) is 0 Å². The Labute approximate surface area is 241 Å². The summed E-state index contributed by atoms with van der Waals surface area (Å²) in [5.74, 6) is -2.03. The monoisotopic (exact) mass is 605 g/mol. The molecular formula is C29H27ClF3N3O4S. The van der Waals surface area contributed by atoms with E-state index in [1.807, 2.05) is 6.92 Å². The third-order valence-electron chi connectivity index (χ3n) is 6.37. The molecule has 1 N–H and O–H groups in total. The van der Waals surface area contributed by atoms with Gasteiger partial charge in [0.15, 0.2) is 0 Å². The van der Waals surface area contributed by atoms with Gasteiger partial charge in [0.2, 0.25) is 5.95 Å². The van der Waals surface area contributed by atoms with Crippen molar-refractivity contribution in [3.05, 3.63) is 107 Å². The van der Waals surface area contributed by atoms with Crippen LogP contribution in [0.4, 0.5) is 24.7 Å². The Balaban J connectivity index is 1.76. The molecule has 0 amide bonds. The minimum atomic E-state index is -4.70. The van der Waals surface area contributed by atoms with Crippen LogP contribution in [0.2, 0.25) is 5.02 Å². The summed E-state index contributed by atoms with van der Waals surface area (Å²) in [7, 11) is -1.84. The maximum Gasteiger partial charge on any atom is 0.268 e. The number of hydrogen-bond acceptors (Lipinski definition) is 6. The van der Waals surface area contributed by atoms with E-state index in [-0.39, 0.29) is 28.8 Å². The van der Waals surface area contributed by atoms with Crippen molar-refractivity contribution < 1.29 is 31.1 Å². The minimum Gasteiger partial charge on any atom is -0.497 e. The molecule has 0 fully saturated rings. The maximum absolute atomic E-state index is 15.6. The van der Waals surface area contributed by atoms with Crippen LogP contribution in [0, 0.1) is 17.6 Å². The first-order valence-corrected chi connectivity index (χ1v) is 14.3. The van der Waals surface area contributed by atoms with Crippen molar-refractivity contribution in [2.24, 2.45) is 0 Å². The molecular weight excluding hydrogens is 579 g/mol. The van der Waals surface area contributed by atoms with Gasteiger partial charge in [-0.2, -0.15) is 4.39 Å². The number of halogens is 4. The molecule has 0 spiro atoms. The summed E-state index contributed by atoms with van der Waals surface area (Å²) in [6, 6.07) is 15.8. The first-order valence-electron chi connectivity index (χ1n) is 12.4. The molecule has 0 aliphatic carbocycles. The van der Waals surface area contributed by atoms with Crippen LogP contribution in [-0.2, 0) is 16.6 Å². The van der Waals surface area contributed by atoms with E-state index in [9.17, 15) is 17.2 Å². The van der Waals surface area contributed by atoms with Crippen molar-refractivity contribution in [2.45, 2.75) is 30.8 Å². The van der Waals surface area contributed by atoms with Gasteiger partial charge in [-0.15, -0.1) is 0 Å². The van der Waals surface area contributed by atoms with Crippen LogP contribution in [0.5, 0.6) is 11.5 Å². The molecule has 3 aromatic carbocycles. The first-order chi connectivity index (χ1) is 19.6. The number of hydrogen-bond donors (Lipinski definition) is 1. The number of nitrogens with one attached hydrogen (secondary N) is 1. The van der Waals surface area contributed by atoms with E-state index in [0.717, 1.165) is 22.5 Å². The molecule has 12 heteroatoms. The number of nitrogens with zero attached hydrogens (tertiary/aromatic N) is 2. The zero-order valence-corrected chi connectivity index (χ0v) is 23.9. The Morgan fingerprint density at radius 3 is 2.37 bits per heavy atom. The summed E-state index contributed by atoms with van der Waals surface area (Å²) in [5, 5.41) is 2.88. The van der Waals surface area contributed by atoms with E-state index in [0.29, 0.717) is 23.3 Å². The summed E-state index contributed by atoms with van der Waals surface area (Å²) >= 11 is 6.44. The van der Waals surface area contributed by atoms with Gasteiger partial charge in [0.25, 0.3) is 10.0 Å². The summed E-state index contributed by atoms with van der Waals surface area (Å²) in [6.07, 6.45) is 0.432. The lowest BCUT2D eigenvalue weighted by atomic mass is 10.0. The number of aromatic nitrogens is 1. The number of ether oxygens (including phenoxy) is 2. The van der Waals surface area contributed by atoms with E-state index in [1.165, 1.54) is 32.4 Å². The Hall–Kier alpha value is -3.96. The Morgan fingerprint density at radius 1 is 0.951 bits per heavy atom.